The lowest BCUT2D eigenvalue weighted by Crippen LogP contribution is -2.45. The third-order valence-electron chi connectivity index (χ3n) is 5.80. The zero-order valence-corrected chi connectivity index (χ0v) is 15.6. The van der Waals surface area contributed by atoms with Gasteiger partial charge in [0.1, 0.15) is 29.5 Å². The zero-order chi connectivity index (χ0) is 19.3. The van der Waals surface area contributed by atoms with Gasteiger partial charge in [-0.15, -0.1) is 0 Å². The number of nitrogens with zero attached hydrogens (tertiary/aromatic N) is 4. The van der Waals surface area contributed by atoms with Crippen LogP contribution in [0.2, 0.25) is 0 Å². The summed E-state index contributed by atoms with van der Waals surface area (Å²) in [5, 5.41) is 0. The van der Waals surface area contributed by atoms with Crippen LogP contribution in [0.4, 0.5) is 4.39 Å². The van der Waals surface area contributed by atoms with Crippen LogP contribution >= 0.6 is 0 Å². The third kappa shape index (κ3) is 2.74. The van der Waals surface area contributed by atoms with Gasteiger partial charge in [-0.25, -0.2) is 9.37 Å². The maximum absolute atomic E-state index is 13.3. The van der Waals surface area contributed by atoms with Crippen LogP contribution in [0.3, 0.4) is 0 Å². The molecular weight excluding hydrogens is 359 g/mol. The Morgan fingerprint density at radius 3 is 2.79 bits per heavy atom. The van der Waals surface area contributed by atoms with E-state index in [0.717, 1.165) is 23.5 Å². The lowest BCUT2D eigenvalue weighted by atomic mass is 10.0. The Morgan fingerprint density at radius 1 is 1.21 bits per heavy atom. The van der Waals surface area contributed by atoms with Gasteiger partial charge in [-0.1, -0.05) is 0 Å². The number of carbonyl (C=O) groups is 1. The standard InChI is InChI=1S/C21H21FN4O2/c1-24-9-2-3-17(24)20(27)25-10-8-21(13-25)14-26-18(11-23-19(26)12-28-21)15-4-6-16(22)7-5-15/h2-7,9,11H,8,10,12-14H2,1H3/t21-/m0/s1. The molecule has 2 aromatic heterocycles. The van der Waals surface area contributed by atoms with Crippen molar-refractivity contribution in [2.45, 2.75) is 25.2 Å². The maximum atomic E-state index is 13.3. The van der Waals surface area contributed by atoms with E-state index in [2.05, 4.69) is 9.55 Å². The van der Waals surface area contributed by atoms with E-state index in [1.807, 2.05) is 41.0 Å². The Morgan fingerprint density at radius 2 is 2.04 bits per heavy atom. The molecule has 2 aliphatic rings. The molecule has 144 valence electrons. The monoisotopic (exact) mass is 380 g/mol. The Balaban J connectivity index is 1.40. The summed E-state index contributed by atoms with van der Waals surface area (Å²) >= 11 is 0. The van der Waals surface area contributed by atoms with Crippen molar-refractivity contribution in [2.75, 3.05) is 13.1 Å². The molecule has 5 rings (SSSR count). The second-order valence-corrected chi connectivity index (χ2v) is 7.61. The molecule has 6 nitrogen and oxygen atoms in total. The fourth-order valence-electron chi connectivity index (χ4n) is 4.22. The molecule has 2 aliphatic heterocycles. The number of amides is 1. The topological polar surface area (TPSA) is 52.3 Å². The van der Waals surface area contributed by atoms with E-state index < -0.39 is 5.60 Å². The van der Waals surface area contributed by atoms with Gasteiger partial charge in [-0.3, -0.25) is 4.79 Å². The molecule has 1 spiro atoms. The Kier molecular flexibility index (Phi) is 3.87. The molecule has 28 heavy (non-hydrogen) atoms. The lowest BCUT2D eigenvalue weighted by molar-refractivity contribution is -0.0805. The molecule has 1 fully saturated rings. The highest BCUT2D eigenvalue weighted by Crippen LogP contribution is 2.35. The minimum Gasteiger partial charge on any atom is -0.363 e. The summed E-state index contributed by atoms with van der Waals surface area (Å²) < 4.78 is 23.5. The number of hydrogen-bond donors (Lipinski definition) is 0. The Hall–Kier alpha value is -2.93. The smallest absolute Gasteiger partial charge is 0.270 e. The second-order valence-electron chi connectivity index (χ2n) is 7.61. The van der Waals surface area contributed by atoms with Gasteiger partial charge in [0.15, 0.2) is 0 Å². The molecular formula is C21H21FN4O2. The summed E-state index contributed by atoms with van der Waals surface area (Å²) in [5.41, 5.74) is 2.14. The average Bonchev–Trinajstić information content (AvgIpc) is 3.41. The van der Waals surface area contributed by atoms with Gasteiger partial charge in [0.2, 0.25) is 0 Å². The summed E-state index contributed by atoms with van der Waals surface area (Å²) in [6.07, 6.45) is 4.47. The number of rotatable bonds is 2. The number of ether oxygens (including phenoxy) is 1. The predicted molar refractivity (Wildman–Crippen MR) is 101 cm³/mol. The van der Waals surface area contributed by atoms with Crippen LogP contribution in [-0.4, -0.2) is 43.6 Å². The highest BCUT2D eigenvalue weighted by Gasteiger charge is 2.44. The van der Waals surface area contributed by atoms with E-state index in [0.29, 0.717) is 31.9 Å². The first-order chi connectivity index (χ1) is 13.5. The van der Waals surface area contributed by atoms with Crippen molar-refractivity contribution in [3.8, 4) is 11.3 Å². The molecule has 0 radical (unpaired) electrons. The summed E-state index contributed by atoms with van der Waals surface area (Å²) in [5.74, 6) is 0.632. The molecule has 0 unspecified atom stereocenters. The number of likely N-dealkylation sites (tertiary alicyclic amines) is 1. The first-order valence-corrected chi connectivity index (χ1v) is 9.40. The van der Waals surface area contributed by atoms with Crippen molar-refractivity contribution < 1.29 is 13.9 Å². The van der Waals surface area contributed by atoms with Crippen molar-refractivity contribution in [3.05, 3.63) is 66.1 Å². The van der Waals surface area contributed by atoms with Gasteiger partial charge in [0.25, 0.3) is 5.91 Å². The van der Waals surface area contributed by atoms with Gasteiger partial charge in [-0.2, -0.15) is 0 Å². The molecule has 0 aliphatic carbocycles. The molecule has 0 bridgehead atoms. The van der Waals surface area contributed by atoms with Crippen LogP contribution in [0.25, 0.3) is 11.3 Å². The summed E-state index contributed by atoms with van der Waals surface area (Å²) in [4.78, 5) is 19.2. The number of hydrogen-bond acceptors (Lipinski definition) is 3. The summed E-state index contributed by atoms with van der Waals surface area (Å²) in [6.45, 7) is 2.26. The van der Waals surface area contributed by atoms with Gasteiger partial charge in [0.05, 0.1) is 25.0 Å². The van der Waals surface area contributed by atoms with E-state index in [4.69, 9.17) is 4.74 Å². The SMILES string of the molecule is Cn1cccc1C(=O)N1CC[C@]2(C1)Cn1c(-c3ccc(F)cc3)cnc1CO2. The summed E-state index contributed by atoms with van der Waals surface area (Å²) in [7, 11) is 1.88. The first kappa shape index (κ1) is 17.2. The fraction of sp³-hybridized carbons (Fsp3) is 0.333. The van der Waals surface area contributed by atoms with E-state index in [1.165, 1.54) is 12.1 Å². The van der Waals surface area contributed by atoms with Gasteiger partial charge >= 0.3 is 0 Å². The number of imidazole rings is 1. The van der Waals surface area contributed by atoms with Crippen molar-refractivity contribution in [3.63, 3.8) is 0 Å². The highest BCUT2D eigenvalue weighted by molar-refractivity contribution is 5.93. The van der Waals surface area contributed by atoms with Crippen LogP contribution in [-0.2, 0) is 24.9 Å². The highest BCUT2D eigenvalue weighted by atomic mass is 19.1. The number of aryl methyl sites for hydroxylation is 1. The Labute approximate surface area is 162 Å². The van der Waals surface area contributed by atoms with Crippen molar-refractivity contribution in [1.82, 2.24) is 19.0 Å². The molecule has 0 saturated carbocycles. The third-order valence-corrected chi connectivity index (χ3v) is 5.80. The average molecular weight is 380 g/mol. The maximum Gasteiger partial charge on any atom is 0.270 e. The summed E-state index contributed by atoms with van der Waals surface area (Å²) in [6, 6.07) is 10.2. The molecule has 3 aromatic rings. The molecule has 1 saturated heterocycles. The number of carbonyl (C=O) groups excluding carboxylic acids is 1. The number of aromatic nitrogens is 3. The molecule has 0 N–H and O–H groups in total. The fourth-order valence-corrected chi connectivity index (χ4v) is 4.22. The van der Waals surface area contributed by atoms with Gasteiger partial charge in [0, 0.05) is 19.8 Å². The number of fused-ring (bicyclic) bond motifs is 1. The molecule has 1 atom stereocenters. The van der Waals surface area contributed by atoms with Crippen LogP contribution in [0.5, 0.6) is 0 Å². The van der Waals surface area contributed by atoms with E-state index in [9.17, 15) is 9.18 Å². The van der Waals surface area contributed by atoms with Gasteiger partial charge < -0.3 is 18.8 Å². The van der Waals surface area contributed by atoms with Crippen LogP contribution in [0, 0.1) is 5.82 Å². The minimum atomic E-state index is -0.413. The second kappa shape index (κ2) is 6.31. The van der Waals surface area contributed by atoms with E-state index >= 15 is 0 Å². The predicted octanol–water partition coefficient (Wildman–Crippen LogP) is 2.84. The van der Waals surface area contributed by atoms with Gasteiger partial charge in [-0.05, 0) is 48.4 Å². The van der Waals surface area contributed by atoms with Crippen molar-refractivity contribution in [1.29, 1.82) is 0 Å². The first-order valence-electron chi connectivity index (χ1n) is 9.40. The van der Waals surface area contributed by atoms with Crippen LogP contribution in [0.1, 0.15) is 22.7 Å². The Bertz CT molecular complexity index is 1040. The molecule has 1 aromatic carbocycles. The van der Waals surface area contributed by atoms with E-state index in [-0.39, 0.29) is 11.7 Å². The normalized spacial score (nSPS) is 21.3. The zero-order valence-electron chi connectivity index (χ0n) is 15.6. The minimum absolute atomic E-state index is 0.0307. The van der Waals surface area contributed by atoms with Crippen molar-refractivity contribution >= 4 is 5.91 Å². The van der Waals surface area contributed by atoms with E-state index in [1.54, 1.807) is 12.1 Å². The van der Waals surface area contributed by atoms with Crippen molar-refractivity contribution in [2.24, 2.45) is 7.05 Å². The molecule has 1 amide bonds. The number of halogens is 1. The molecule has 7 heteroatoms. The molecule has 4 heterocycles. The lowest BCUT2D eigenvalue weighted by Gasteiger charge is -2.35. The quantitative estimate of drug-likeness (QED) is 0.687. The van der Waals surface area contributed by atoms with Crippen LogP contribution < -0.4 is 0 Å². The largest absolute Gasteiger partial charge is 0.363 e. The van der Waals surface area contributed by atoms with Crippen LogP contribution in [0.15, 0.2) is 48.8 Å². The number of benzene rings is 1.